The Kier molecular flexibility index (Phi) is 4.89. The number of nitrogen functional groups attached to an aromatic ring is 1. The molecule has 0 bridgehead atoms. The van der Waals surface area contributed by atoms with Gasteiger partial charge in [-0.1, -0.05) is 36.4 Å². The van der Waals surface area contributed by atoms with Gasteiger partial charge in [0.1, 0.15) is 23.3 Å². The van der Waals surface area contributed by atoms with Crippen LogP contribution in [0.2, 0.25) is 0 Å². The van der Waals surface area contributed by atoms with E-state index >= 15 is 0 Å². The Morgan fingerprint density at radius 2 is 1.79 bits per heavy atom. The maximum Gasteiger partial charge on any atom is 0.145 e. The Labute approximate surface area is 163 Å². The van der Waals surface area contributed by atoms with Gasteiger partial charge in [0.15, 0.2) is 0 Å². The van der Waals surface area contributed by atoms with Crippen LogP contribution in [0.4, 0.5) is 11.6 Å². The summed E-state index contributed by atoms with van der Waals surface area (Å²) in [7, 11) is 0. The summed E-state index contributed by atoms with van der Waals surface area (Å²) in [5, 5.41) is 18.5. The van der Waals surface area contributed by atoms with Crippen molar-refractivity contribution in [3.8, 4) is 11.8 Å². The van der Waals surface area contributed by atoms with Crippen LogP contribution < -0.4 is 11.1 Å². The molecule has 0 fully saturated rings. The molecule has 138 valence electrons. The molecule has 6 heteroatoms. The molecule has 0 spiro atoms. The topological polar surface area (TPSA) is 92.5 Å². The van der Waals surface area contributed by atoms with Crippen molar-refractivity contribution >= 4 is 22.5 Å². The SMILES string of the molecule is N#Cc1c(CCCNc2ccc3ccccc3n2)nn(-c2ccccc2)c1N. The van der Waals surface area contributed by atoms with Crippen molar-refractivity contribution in [1.29, 1.82) is 5.26 Å². The second-order valence-electron chi connectivity index (χ2n) is 6.49. The van der Waals surface area contributed by atoms with Gasteiger partial charge in [0, 0.05) is 11.9 Å². The van der Waals surface area contributed by atoms with Gasteiger partial charge in [-0.05, 0) is 43.2 Å². The zero-order valence-corrected chi connectivity index (χ0v) is 15.3. The van der Waals surface area contributed by atoms with Gasteiger partial charge in [-0.2, -0.15) is 10.4 Å². The monoisotopic (exact) mass is 368 g/mol. The molecule has 6 nitrogen and oxygen atoms in total. The molecule has 0 saturated heterocycles. The number of nitrogens with zero attached hydrogens (tertiary/aromatic N) is 4. The third-order valence-corrected chi connectivity index (χ3v) is 4.60. The number of para-hydroxylation sites is 2. The van der Waals surface area contributed by atoms with Crippen molar-refractivity contribution in [2.24, 2.45) is 0 Å². The molecule has 0 radical (unpaired) electrons. The highest BCUT2D eigenvalue weighted by atomic mass is 15.3. The van der Waals surface area contributed by atoms with Crippen LogP contribution >= 0.6 is 0 Å². The Hall–Kier alpha value is -3.85. The molecular weight excluding hydrogens is 348 g/mol. The summed E-state index contributed by atoms with van der Waals surface area (Å²) in [6.07, 6.45) is 1.47. The highest BCUT2D eigenvalue weighted by Crippen LogP contribution is 2.21. The zero-order chi connectivity index (χ0) is 19.3. The van der Waals surface area contributed by atoms with Crippen molar-refractivity contribution in [3.05, 3.63) is 78.0 Å². The van der Waals surface area contributed by atoms with Crippen LogP contribution in [0.25, 0.3) is 16.6 Å². The van der Waals surface area contributed by atoms with Gasteiger partial charge in [0.2, 0.25) is 0 Å². The molecule has 0 atom stereocenters. The van der Waals surface area contributed by atoms with E-state index in [-0.39, 0.29) is 0 Å². The Morgan fingerprint density at radius 1 is 1.00 bits per heavy atom. The van der Waals surface area contributed by atoms with Gasteiger partial charge >= 0.3 is 0 Å². The minimum atomic E-state index is 0.382. The number of pyridine rings is 1. The van der Waals surface area contributed by atoms with Crippen molar-refractivity contribution in [2.45, 2.75) is 12.8 Å². The van der Waals surface area contributed by atoms with E-state index in [1.54, 1.807) is 4.68 Å². The fraction of sp³-hybridized carbons (Fsp3) is 0.136. The van der Waals surface area contributed by atoms with Crippen LogP contribution in [0.15, 0.2) is 66.7 Å². The number of rotatable bonds is 6. The first-order valence-electron chi connectivity index (χ1n) is 9.19. The summed E-state index contributed by atoms with van der Waals surface area (Å²) < 4.78 is 1.63. The highest BCUT2D eigenvalue weighted by molar-refractivity contribution is 5.80. The number of anilines is 2. The third kappa shape index (κ3) is 3.51. The first-order chi connectivity index (χ1) is 13.8. The molecule has 0 unspecified atom stereocenters. The minimum absolute atomic E-state index is 0.382. The van der Waals surface area contributed by atoms with E-state index in [1.807, 2.05) is 60.7 Å². The van der Waals surface area contributed by atoms with E-state index in [2.05, 4.69) is 27.5 Å². The van der Waals surface area contributed by atoms with Gasteiger partial charge in [-0.25, -0.2) is 9.67 Å². The van der Waals surface area contributed by atoms with Crippen LogP contribution in [-0.2, 0) is 6.42 Å². The van der Waals surface area contributed by atoms with E-state index in [4.69, 9.17) is 5.73 Å². The van der Waals surface area contributed by atoms with E-state index < -0.39 is 0 Å². The largest absolute Gasteiger partial charge is 0.382 e. The average molecular weight is 368 g/mol. The fourth-order valence-corrected chi connectivity index (χ4v) is 3.18. The molecule has 2 aromatic carbocycles. The standard InChI is InChI=1S/C22H20N6/c23-15-18-20(27-28(22(18)24)17-8-2-1-3-9-17)11-6-14-25-21-13-12-16-7-4-5-10-19(16)26-21/h1-5,7-10,12-13H,6,11,14,24H2,(H,25,26). The molecule has 0 aliphatic carbocycles. The average Bonchev–Trinajstić information content (AvgIpc) is 3.07. The summed E-state index contributed by atoms with van der Waals surface area (Å²) in [5.74, 6) is 1.22. The zero-order valence-electron chi connectivity index (χ0n) is 15.3. The summed E-state index contributed by atoms with van der Waals surface area (Å²) in [5.41, 5.74) is 9.13. The molecule has 2 aromatic heterocycles. The second-order valence-corrected chi connectivity index (χ2v) is 6.49. The van der Waals surface area contributed by atoms with E-state index in [9.17, 15) is 5.26 Å². The van der Waals surface area contributed by atoms with Crippen LogP contribution in [0.3, 0.4) is 0 Å². The highest BCUT2D eigenvalue weighted by Gasteiger charge is 2.16. The third-order valence-electron chi connectivity index (χ3n) is 4.60. The molecule has 2 heterocycles. The van der Waals surface area contributed by atoms with E-state index in [0.717, 1.165) is 41.1 Å². The summed E-state index contributed by atoms with van der Waals surface area (Å²) in [6.45, 7) is 0.730. The molecule has 4 aromatic rings. The molecule has 0 aliphatic rings. The summed E-state index contributed by atoms with van der Waals surface area (Å²) in [6, 6.07) is 23.9. The fourth-order valence-electron chi connectivity index (χ4n) is 3.18. The minimum Gasteiger partial charge on any atom is -0.382 e. The summed E-state index contributed by atoms with van der Waals surface area (Å²) in [4.78, 5) is 4.61. The number of aromatic nitrogens is 3. The lowest BCUT2D eigenvalue weighted by Gasteiger charge is -2.06. The number of nitriles is 1. The first-order valence-corrected chi connectivity index (χ1v) is 9.19. The van der Waals surface area contributed by atoms with Crippen LogP contribution in [0.5, 0.6) is 0 Å². The summed E-state index contributed by atoms with van der Waals surface area (Å²) >= 11 is 0. The predicted molar refractivity (Wildman–Crippen MR) is 111 cm³/mol. The Balaban J connectivity index is 1.42. The van der Waals surface area contributed by atoms with Crippen molar-refractivity contribution in [3.63, 3.8) is 0 Å². The van der Waals surface area contributed by atoms with Gasteiger partial charge in [0.25, 0.3) is 0 Å². The lowest BCUT2D eigenvalue weighted by Crippen LogP contribution is -2.05. The molecule has 3 N–H and O–H groups in total. The lowest BCUT2D eigenvalue weighted by molar-refractivity contribution is 0.789. The quantitative estimate of drug-likeness (QED) is 0.503. The lowest BCUT2D eigenvalue weighted by atomic mass is 10.1. The number of benzene rings is 2. The normalized spacial score (nSPS) is 10.7. The van der Waals surface area contributed by atoms with Crippen LogP contribution in [-0.4, -0.2) is 21.3 Å². The van der Waals surface area contributed by atoms with Crippen molar-refractivity contribution in [1.82, 2.24) is 14.8 Å². The van der Waals surface area contributed by atoms with Crippen LogP contribution in [0.1, 0.15) is 17.7 Å². The molecule has 0 saturated carbocycles. The van der Waals surface area contributed by atoms with E-state index in [0.29, 0.717) is 17.8 Å². The number of hydrogen-bond donors (Lipinski definition) is 2. The number of nitrogens with one attached hydrogen (secondary N) is 1. The smallest absolute Gasteiger partial charge is 0.145 e. The number of hydrogen-bond acceptors (Lipinski definition) is 5. The van der Waals surface area contributed by atoms with Gasteiger partial charge in [-0.15, -0.1) is 0 Å². The second kappa shape index (κ2) is 7.80. The first kappa shape index (κ1) is 17.6. The molecule has 0 aliphatic heterocycles. The molecular formula is C22H20N6. The van der Waals surface area contributed by atoms with Crippen LogP contribution in [0, 0.1) is 11.3 Å². The molecule has 0 amide bonds. The number of aryl methyl sites for hydroxylation is 1. The molecule has 28 heavy (non-hydrogen) atoms. The van der Waals surface area contributed by atoms with Crippen molar-refractivity contribution in [2.75, 3.05) is 17.6 Å². The van der Waals surface area contributed by atoms with Crippen molar-refractivity contribution < 1.29 is 0 Å². The maximum atomic E-state index is 9.49. The predicted octanol–water partition coefficient (Wildman–Crippen LogP) is 3.92. The number of fused-ring (bicyclic) bond motifs is 1. The van der Waals surface area contributed by atoms with Gasteiger partial charge in [-0.3, -0.25) is 0 Å². The molecule has 4 rings (SSSR count). The maximum absolute atomic E-state index is 9.49. The van der Waals surface area contributed by atoms with Gasteiger partial charge in [0.05, 0.1) is 16.9 Å². The van der Waals surface area contributed by atoms with E-state index in [1.165, 1.54) is 0 Å². The Bertz CT molecular complexity index is 1140. The Morgan fingerprint density at radius 3 is 2.61 bits per heavy atom. The number of nitrogens with two attached hydrogens (primary N) is 1. The van der Waals surface area contributed by atoms with Gasteiger partial charge < -0.3 is 11.1 Å².